The molecule has 84 valence electrons. The molecule has 0 fully saturated rings. The average Bonchev–Trinajstić information content (AvgIpc) is 2.65. The summed E-state index contributed by atoms with van der Waals surface area (Å²) in [7, 11) is 0. The lowest BCUT2D eigenvalue weighted by atomic mass is 10.3. The highest BCUT2D eigenvalue weighted by Gasteiger charge is 2.14. The second-order valence-corrected chi connectivity index (χ2v) is 3.40. The summed E-state index contributed by atoms with van der Waals surface area (Å²) in [6.45, 7) is 3.49. The molecule has 0 N–H and O–H groups in total. The topological polar surface area (TPSA) is 48.2 Å². The number of halogens is 1. The molecule has 0 aliphatic heterocycles. The van der Waals surface area contributed by atoms with Crippen molar-refractivity contribution in [1.82, 2.24) is 10.1 Å². The molecule has 1 atom stereocenters. The monoisotopic (exact) mass is 222 g/mol. The smallest absolute Gasteiger partial charge is 0.267 e. The largest absolute Gasteiger partial charge is 0.481 e. The number of ether oxygens (including phenoxy) is 1. The predicted molar refractivity (Wildman–Crippen MR) is 54.5 cm³/mol. The zero-order valence-electron chi connectivity index (χ0n) is 8.98. The third-order valence-electron chi connectivity index (χ3n) is 2.00. The number of benzene rings is 1. The zero-order valence-corrected chi connectivity index (χ0v) is 8.98. The molecule has 16 heavy (non-hydrogen) atoms. The first kappa shape index (κ1) is 10.6. The van der Waals surface area contributed by atoms with Gasteiger partial charge in [0, 0.05) is 6.07 Å². The Kier molecular flexibility index (Phi) is 2.85. The summed E-state index contributed by atoms with van der Waals surface area (Å²) in [4.78, 5) is 4.03. The van der Waals surface area contributed by atoms with Crippen LogP contribution in [0.25, 0.3) is 0 Å². The number of aromatic nitrogens is 2. The van der Waals surface area contributed by atoms with Gasteiger partial charge in [-0.3, -0.25) is 0 Å². The van der Waals surface area contributed by atoms with Crippen molar-refractivity contribution >= 4 is 0 Å². The standard InChI is InChI=1S/C11H11FN2O2/c1-7(11-13-8(2)14-16-11)15-10-5-3-4-9(12)6-10/h3-7H,1-2H3/t7-/m1/s1. The molecule has 2 aromatic rings. The summed E-state index contributed by atoms with van der Waals surface area (Å²) in [6.07, 6.45) is -0.400. The number of hydrogen-bond donors (Lipinski definition) is 0. The van der Waals surface area contributed by atoms with Crippen molar-refractivity contribution in [2.24, 2.45) is 0 Å². The van der Waals surface area contributed by atoms with Crippen LogP contribution in [0.3, 0.4) is 0 Å². The van der Waals surface area contributed by atoms with Crippen LogP contribution in [0.2, 0.25) is 0 Å². The van der Waals surface area contributed by atoms with Gasteiger partial charge in [0.1, 0.15) is 11.6 Å². The summed E-state index contributed by atoms with van der Waals surface area (Å²) in [6, 6.07) is 5.91. The van der Waals surface area contributed by atoms with Gasteiger partial charge in [0.2, 0.25) is 0 Å². The van der Waals surface area contributed by atoms with E-state index in [1.807, 2.05) is 0 Å². The average molecular weight is 222 g/mol. The van der Waals surface area contributed by atoms with Crippen molar-refractivity contribution in [1.29, 1.82) is 0 Å². The van der Waals surface area contributed by atoms with Crippen LogP contribution in [-0.4, -0.2) is 10.1 Å². The van der Waals surface area contributed by atoms with Gasteiger partial charge in [-0.2, -0.15) is 4.98 Å². The van der Waals surface area contributed by atoms with Gasteiger partial charge in [-0.1, -0.05) is 11.2 Å². The van der Waals surface area contributed by atoms with Gasteiger partial charge in [-0.25, -0.2) is 4.39 Å². The van der Waals surface area contributed by atoms with E-state index in [1.165, 1.54) is 12.1 Å². The highest BCUT2D eigenvalue weighted by atomic mass is 19.1. The van der Waals surface area contributed by atoms with Crippen LogP contribution in [0, 0.1) is 12.7 Å². The van der Waals surface area contributed by atoms with Crippen LogP contribution in [0.15, 0.2) is 28.8 Å². The van der Waals surface area contributed by atoms with Gasteiger partial charge in [-0.05, 0) is 26.0 Å². The molecule has 5 heteroatoms. The Hall–Kier alpha value is -1.91. The number of aryl methyl sites for hydroxylation is 1. The van der Waals surface area contributed by atoms with Crippen LogP contribution in [-0.2, 0) is 0 Å². The van der Waals surface area contributed by atoms with Crippen LogP contribution in [0.5, 0.6) is 5.75 Å². The maximum Gasteiger partial charge on any atom is 0.267 e. The Morgan fingerprint density at radius 1 is 1.44 bits per heavy atom. The lowest BCUT2D eigenvalue weighted by Gasteiger charge is -2.10. The molecule has 1 aromatic carbocycles. The molecular weight excluding hydrogens is 211 g/mol. The van der Waals surface area contributed by atoms with Crippen molar-refractivity contribution in [2.45, 2.75) is 20.0 Å². The fourth-order valence-corrected chi connectivity index (χ4v) is 1.27. The minimum absolute atomic E-state index is 0.341. The van der Waals surface area contributed by atoms with Gasteiger partial charge in [0.25, 0.3) is 5.89 Å². The normalized spacial score (nSPS) is 12.4. The van der Waals surface area contributed by atoms with E-state index in [9.17, 15) is 4.39 Å². The predicted octanol–water partition coefficient (Wildman–Crippen LogP) is 2.66. The van der Waals surface area contributed by atoms with Gasteiger partial charge in [0.05, 0.1) is 0 Å². The maximum absolute atomic E-state index is 12.9. The number of rotatable bonds is 3. The van der Waals surface area contributed by atoms with Crippen molar-refractivity contribution in [2.75, 3.05) is 0 Å². The van der Waals surface area contributed by atoms with Crippen molar-refractivity contribution < 1.29 is 13.7 Å². The molecule has 0 amide bonds. The third kappa shape index (κ3) is 2.36. The van der Waals surface area contributed by atoms with Gasteiger partial charge < -0.3 is 9.26 Å². The lowest BCUT2D eigenvalue weighted by Crippen LogP contribution is -2.03. The van der Waals surface area contributed by atoms with Crippen molar-refractivity contribution in [3.63, 3.8) is 0 Å². The minimum Gasteiger partial charge on any atom is -0.481 e. The molecule has 1 aromatic heterocycles. The summed E-state index contributed by atoms with van der Waals surface area (Å²) < 4.78 is 23.3. The number of nitrogens with zero attached hydrogens (tertiary/aromatic N) is 2. The van der Waals surface area contributed by atoms with Gasteiger partial charge in [-0.15, -0.1) is 0 Å². The molecule has 0 aliphatic rings. The molecule has 0 unspecified atom stereocenters. The fraction of sp³-hybridized carbons (Fsp3) is 0.273. The third-order valence-corrected chi connectivity index (χ3v) is 2.00. The van der Waals surface area contributed by atoms with E-state index >= 15 is 0 Å². The molecule has 0 saturated carbocycles. The van der Waals surface area contributed by atoms with E-state index in [0.717, 1.165) is 0 Å². The highest BCUT2D eigenvalue weighted by Crippen LogP contribution is 2.20. The molecule has 0 saturated heterocycles. The fourth-order valence-electron chi connectivity index (χ4n) is 1.27. The second kappa shape index (κ2) is 4.30. The summed E-state index contributed by atoms with van der Waals surface area (Å²) in [5.74, 6) is 1.02. The quantitative estimate of drug-likeness (QED) is 0.801. The van der Waals surface area contributed by atoms with Crippen LogP contribution in [0.4, 0.5) is 4.39 Å². The van der Waals surface area contributed by atoms with Crippen LogP contribution in [0.1, 0.15) is 24.7 Å². The van der Waals surface area contributed by atoms with Crippen molar-refractivity contribution in [3.8, 4) is 5.75 Å². The van der Waals surface area contributed by atoms with Gasteiger partial charge >= 0.3 is 0 Å². The molecule has 2 rings (SSSR count). The Labute approximate surface area is 92.0 Å². The first-order valence-electron chi connectivity index (χ1n) is 4.87. The van der Waals surface area contributed by atoms with E-state index in [1.54, 1.807) is 26.0 Å². The maximum atomic E-state index is 12.9. The van der Waals surface area contributed by atoms with Gasteiger partial charge in [0.15, 0.2) is 11.9 Å². The molecule has 0 bridgehead atoms. The second-order valence-electron chi connectivity index (χ2n) is 3.40. The summed E-state index contributed by atoms with van der Waals surface area (Å²) >= 11 is 0. The van der Waals surface area contributed by atoms with Crippen molar-refractivity contribution in [3.05, 3.63) is 41.8 Å². The minimum atomic E-state index is -0.400. The van der Waals surface area contributed by atoms with Crippen LogP contribution < -0.4 is 4.74 Å². The van der Waals surface area contributed by atoms with E-state index in [4.69, 9.17) is 9.26 Å². The lowest BCUT2D eigenvalue weighted by molar-refractivity contribution is 0.175. The SMILES string of the molecule is Cc1noc([C@@H](C)Oc2cccc(F)c2)n1. The van der Waals surface area contributed by atoms with E-state index < -0.39 is 6.10 Å². The number of hydrogen-bond acceptors (Lipinski definition) is 4. The molecule has 1 heterocycles. The highest BCUT2D eigenvalue weighted by molar-refractivity contribution is 5.22. The Morgan fingerprint density at radius 3 is 2.88 bits per heavy atom. The van der Waals surface area contributed by atoms with E-state index in [2.05, 4.69) is 10.1 Å². The Morgan fingerprint density at radius 2 is 2.25 bits per heavy atom. The first-order chi connectivity index (χ1) is 7.65. The molecule has 4 nitrogen and oxygen atoms in total. The molecule has 0 radical (unpaired) electrons. The summed E-state index contributed by atoms with van der Waals surface area (Å²) in [5.41, 5.74) is 0. The van der Waals surface area contributed by atoms with E-state index in [0.29, 0.717) is 17.5 Å². The first-order valence-corrected chi connectivity index (χ1v) is 4.87. The molecular formula is C11H11FN2O2. The summed E-state index contributed by atoms with van der Waals surface area (Å²) in [5, 5.41) is 3.66. The zero-order chi connectivity index (χ0) is 11.5. The molecule has 0 spiro atoms. The molecule has 0 aliphatic carbocycles. The Balaban J connectivity index is 2.10. The Bertz CT molecular complexity index is 484. The van der Waals surface area contributed by atoms with E-state index in [-0.39, 0.29) is 5.82 Å². The van der Waals surface area contributed by atoms with Crippen LogP contribution >= 0.6 is 0 Å².